The summed E-state index contributed by atoms with van der Waals surface area (Å²) in [6.07, 6.45) is -4.45. The zero-order chi connectivity index (χ0) is 13.5. The third kappa shape index (κ3) is 2.28. The summed E-state index contributed by atoms with van der Waals surface area (Å²) in [6.45, 7) is 3.49. The van der Waals surface area contributed by atoms with Crippen LogP contribution in [0, 0.1) is 0 Å². The fraction of sp³-hybridized carbons (Fsp3) is 0.0909. The number of hydrogen-bond donors (Lipinski definition) is 0. The summed E-state index contributed by atoms with van der Waals surface area (Å²) in [5.41, 5.74) is -0.718. The lowest BCUT2D eigenvalue weighted by molar-refractivity contribution is -0.137. The molecule has 1 fully saturated rings. The molecule has 0 spiro atoms. The van der Waals surface area contributed by atoms with E-state index in [9.17, 15) is 18.0 Å². The number of hydrogen-bond acceptors (Lipinski definition) is 3. The van der Waals surface area contributed by atoms with Crippen molar-refractivity contribution in [2.24, 2.45) is 0 Å². The summed E-state index contributed by atoms with van der Waals surface area (Å²) in [5.74, 6) is -0.482. The lowest BCUT2D eigenvalue weighted by atomic mass is 10.2. The van der Waals surface area contributed by atoms with Gasteiger partial charge in [-0.3, -0.25) is 9.69 Å². The van der Waals surface area contributed by atoms with Crippen molar-refractivity contribution in [2.45, 2.75) is 6.18 Å². The largest absolute Gasteiger partial charge is 0.416 e. The van der Waals surface area contributed by atoms with E-state index in [0.717, 1.165) is 28.8 Å². The lowest BCUT2D eigenvalue weighted by Crippen LogP contribution is -2.27. The molecule has 2 nitrogen and oxygen atoms in total. The van der Waals surface area contributed by atoms with E-state index in [4.69, 9.17) is 12.2 Å². The maximum atomic E-state index is 12.6. The third-order valence-electron chi connectivity index (χ3n) is 2.27. The average Bonchev–Trinajstić information content (AvgIpc) is 2.52. The molecule has 7 heteroatoms. The van der Waals surface area contributed by atoms with Crippen LogP contribution in [0.4, 0.5) is 18.9 Å². The van der Waals surface area contributed by atoms with E-state index in [2.05, 4.69) is 6.58 Å². The number of thiocarbonyl (C=S) groups is 1. The first-order chi connectivity index (χ1) is 8.30. The topological polar surface area (TPSA) is 20.3 Å². The Hall–Kier alpha value is -1.34. The van der Waals surface area contributed by atoms with Gasteiger partial charge in [-0.25, -0.2) is 0 Å². The van der Waals surface area contributed by atoms with Crippen LogP contribution in [0.15, 0.2) is 35.7 Å². The second-order valence-corrected chi connectivity index (χ2v) is 5.21. The maximum Gasteiger partial charge on any atom is 0.416 e. The molecule has 94 valence electrons. The number of halogens is 3. The van der Waals surface area contributed by atoms with Crippen LogP contribution in [0.3, 0.4) is 0 Å². The molecule has 0 unspecified atom stereocenters. The second kappa shape index (κ2) is 4.40. The Balaban J connectivity index is 2.44. The zero-order valence-corrected chi connectivity index (χ0v) is 10.5. The van der Waals surface area contributed by atoms with E-state index in [1.807, 2.05) is 0 Å². The number of amides is 1. The molecule has 1 aromatic carbocycles. The Morgan fingerprint density at radius 3 is 2.50 bits per heavy atom. The second-order valence-electron chi connectivity index (χ2n) is 3.48. The number of carbonyl (C=O) groups is 1. The van der Waals surface area contributed by atoms with Crippen molar-refractivity contribution in [1.82, 2.24) is 0 Å². The summed E-state index contributed by atoms with van der Waals surface area (Å²) in [6, 6.07) is 4.47. The van der Waals surface area contributed by atoms with Gasteiger partial charge in [-0.1, -0.05) is 36.6 Å². The van der Waals surface area contributed by atoms with Crippen molar-refractivity contribution < 1.29 is 18.0 Å². The number of anilines is 1. The van der Waals surface area contributed by atoms with Crippen molar-refractivity contribution in [1.29, 1.82) is 0 Å². The van der Waals surface area contributed by atoms with Crippen LogP contribution in [-0.4, -0.2) is 10.2 Å². The van der Waals surface area contributed by atoms with Gasteiger partial charge >= 0.3 is 6.18 Å². The minimum absolute atomic E-state index is 0.103. The van der Waals surface area contributed by atoms with Gasteiger partial charge in [0.15, 0.2) is 4.32 Å². The van der Waals surface area contributed by atoms with Crippen LogP contribution >= 0.6 is 24.0 Å². The van der Waals surface area contributed by atoms with Crippen LogP contribution in [0.25, 0.3) is 0 Å². The van der Waals surface area contributed by atoms with Crippen LogP contribution in [0.1, 0.15) is 5.56 Å². The molecule has 0 atom stereocenters. The van der Waals surface area contributed by atoms with Crippen molar-refractivity contribution in [3.63, 3.8) is 0 Å². The minimum atomic E-state index is -4.45. The fourth-order valence-electron chi connectivity index (χ4n) is 1.45. The van der Waals surface area contributed by atoms with Crippen LogP contribution < -0.4 is 4.90 Å². The molecule has 0 bridgehead atoms. The van der Waals surface area contributed by atoms with E-state index in [-0.39, 0.29) is 14.9 Å². The quantitative estimate of drug-likeness (QED) is 0.582. The molecule has 0 radical (unpaired) electrons. The number of rotatable bonds is 1. The van der Waals surface area contributed by atoms with Gasteiger partial charge in [0.25, 0.3) is 5.91 Å². The standard InChI is InChI=1S/C11H6F3NOS2/c1-6-9(16)15(10(17)18-6)8-4-2-3-7(5-8)11(12,13)14/h2-5H,1H2. The Bertz CT molecular complexity index is 553. The zero-order valence-electron chi connectivity index (χ0n) is 8.82. The first-order valence-corrected chi connectivity index (χ1v) is 5.95. The molecule has 1 amide bonds. The third-order valence-corrected chi connectivity index (χ3v) is 3.48. The molecule has 0 N–H and O–H groups in total. The first-order valence-electron chi connectivity index (χ1n) is 4.73. The number of thioether (sulfide) groups is 1. The van der Waals surface area contributed by atoms with Gasteiger partial charge < -0.3 is 0 Å². The summed E-state index contributed by atoms with van der Waals surface area (Å²) >= 11 is 5.92. The van der Waals surface area contributed by atoms with Crippen molar-refractivity contribution in [3.05, 3.63) is 41.3 Å². The van der Waals surface area contributed by atoms with Gasteiger partial charge in [0, 0.05) is 0 Å². The van der Waals surface area contributed by atoms with E-state index in [0.29, 0.717) is 0 Å². The lowest BCUT2D eigenvalue weighted by Gasteiger charge is -2.16. The van der Waals surface area contributed by atoms with E-state index >= 15 is 0 Å². The molecule has 1 aliphatic heterocycles. The highest BCUT2D eigenvalue weighted by Gasteiger charge is 2.35. The molecule has 1 aliphatic rings. The van der Waals surface area contributed by atoms with Crippen molar-refractivity contribution >= 4 is 39.9 Å². The summed E-state index contributed by atoms with van der Waals surface area (Å²) in [7, 11) is 0. The maximum absolute atomic E-state index is 12.6. The van der Waals surface area contributed by atoms with Gasteiger partial charge in [-0.05, 0) is 18.2 Å². The Kier molecular flexibility index (Phi) is 3.20. The molecule has 0 aromatic heterocycles. The van der Waals surface area contributed by atoms with Crippen molar-refractivity contribution in [2.75, 3.05) is 4.90 Å². The minimum Gasteiger partial charge on any atom is -0.268 e. The smallest absolute Gasteiger partial charge is 0.268 e. The number of nitrogens with zero attached hydrogens (tertiary/aromatic N) is 1. The normalized spacial score (nSPS) is 16.6. The van der Waals surface area contributed by atoms with Gasteiger partial charge in [0.05, 0.1) is 16.2 Å². The molecular formula is C11H6F3NOS2. The van der Waals surface area contributed by atoms with E-state index in [1.54, 1.807) is 0 Å². The Labute approximate surface area is 110 Å². The predicted molar refractivity (Wildman–Crippen MR) is 68.3 cm³/mol. The van der Waals surface area contributed by atoms with Gasteiger partial charge in [-0.2, -0.15) is 13.2 Å². The molecule has 1 heterocycles. The van der Waals surface area contributed by atoms with Crippen LogP contribution in [0.5, 0.6) is 0 Å². The van der Waals surface area contributed by atoms with Gasteiger partial charge in [-0.15, -0.1) is 0 Å². The van der Waals surface area contributed by atoms with Crippen molar-refractivity contribution in [3.8, 4) is 0 Å². The molecule has 2 rings (SSSR count). The Morgan fingerprint density at radius 2 is 2.00 bits per heavy atom. The average molecular weight is 289 g/mol. The molecule has 1 aromatic rings. The summed E-state index contributed by atoms with van der Waals surface area (Å²) in [4.78, 5) is 13.0. The summed E-state index contributed by atoms with van der Waals surface area (Å²) < 4.78 is 37.9. The molecule has 0 aliphatic carbocycles. The highest BCUT2D eigenvalue weighted by atomic mass is 32.2. The Morgan fingerprint density at radius 1 is 1.33 bits per heavy atom. The summed E-state index contributed by atoms with van der Waals surface area (Å²) in [5, 5.41) is 0. The van der Waals surface area contributed by atoms with E-state index < -0.39 is 17.6 Å². The van der Waals surface area contributed by atoms with Gasteiger partial charge in [0.2, 0.25) is 0 Å². The number of alkyl halides is 3. The highest BCUT2D eigenvalue weighted by Crippen LogP contribution is 2.36. The SMILES string of the molecule is C=C1SC(=S)N(c2cccc(C(F)(F)F)c2)C1=O. The number of benzene rings is 1. The molecule has 18 heavy (non-hydrogen) atoms. The number of carbonyl (C=O) groups excluding carboxylic acids is 1. The fourth-order valence-corrected chi connectivity index (χ4v) is 2.61. The highest BCUT2D eigenvalue weighted by molar-refractivity contribution is 8.27. The van der Waals surface area contributed by atoms with Crippen LogP contribution in [-0.2, 0) is 11.0 Å². The van der Waals surface area contributed by atoms with Gasteiger partial charge in [0.1, 0.15) is 0 Å². The molecule has 0 saturated carbocycles. The molecular weight excluding hydrogens is 283 g/mol. The first kappa shape index (κ1) is 13.1. The monoisotopic (exact) mass is 289 g/mol. The van der Waals surface area contributed by atoms with E-state index in [1.165, 1.54) is 12.1 Å². The molecule has 1 saturated heterocycles. The van der Waals surface area contributed by atoms with Crippen LogP contribution in [0.2, 0.25) is 0 Å². The predicted octanol–water partition coefficient (Wildman–Crippen LogP) is 3.58.